The maximum atomic E-state index is 10.6. The van der Waals surface area contributed by atoms with E-state index in [9.17, 15) is 4.79 Å². The normalized spacial score (nSPS) is 23.6. The van der Waals surface area contributed by atoms with Gasteiger partial charge in [-0.2, -0.15) is 0 Å². The van der Waals surface area contributed by atoms with Crippen molar-refractivity contribution in [2.45, 2.75) is 44.8 Å². The van der Waals surface area contributed by atoms with Gasteiger partial charge in [0.2, 0.25) is 5.91 Å². The number of carbonyl (C=O) groups excluding carboxylic acids is 1. The van der Waals surface area contributed by atoms with Crippen molar-refractivity contribution in [2.24, 2.45) is 5.73 Å². The van der Waals surface area contributed by atoms with E-state index in [0.717, 1.165) is 19.6 Å². The lowest BCUT2D eigenvalue weighted by atomic mass is 10.1. The summed E-state index contributed by atoms with van der Waals surface area (Å²) < 4.78 is 5.48. The Balaban J connectivity index is 1.99. The van der Waals surface area contributed by atoms with E-state index >= 15 is 0 Å². The highest BCUT2D eigenvalue weighted by Crippen LogP contribution is 2.14. The highest BCUT2D eigenvalue weighted by Gasteiger charge is 2.15. The molecule has 82 valence electrons. The first-order chi connectivity index (χ1) is 6.68. The molecule has 1 heterocycles. The molecule has 0 radical (unpaired) electrons. The largest absolute Gasteiger partial charge is 0.378 e. The molecule has 14 heavy (non-hydrogen) atoms. The molecule has 0 saturated carbocycles. The fourth-order valence-corrected chi connectivity index (χ4v) is 1.74. The summed E-state index contributed by atoms with van der Waals surface area (Å²) in [5.41, 5.74) is 5.08. The molecule has 1 fully saturated rings. The fourth-order valence-electron chi connectivity index (χ4n) is 1.74. The Bertz CT molecular complexity index is 179. The standard InChI is InChI=1S/C10H20N2O2/c1-8(7-10(11)13)12-5-4-9-3-2-6-14-9/h8-9,12H,2-7H2,1H3,(H2,11,13)/t8-,9+/m1/s1. The summed E-state index contributed by atoms with van der Waals surface area (Å²) in [7, 11) is 0. The van der Waals surface area contributed by atoms with Gasteiger partial charge >= 0.3 is 0 Å². The van der Waals surface area contributed by atoms with Crippen LogP contribution in [0.25, 0.3) is 0 Å². The first-order valence-corrected chi connectivity index (χ1v) is 5.32. The summed E-state index contributed by atoms with van der Waals surface area (Å²) in [6, 6.07) is 0.175. The van der Waals surface area contributed by atoms with Gasteiger partial charge in [-0.25, -0.2) is 0 Å². The van der Waals surface area contributed by atoms with E-state index in [4.69, 9.17) is 10.5 Å². The number of hydrogen-bond donors (Lipinski definition) is 2. The molecular weight excluding hydrogens is 180 g/mol. The number of primary amides is 1. The molecule has 0 bridgehead atoms. The van der Waals surface area contributed by atoms with Crippen molar-refractivity contribution in [3.05, 3.63) is 0 Å². The number of ether oxygens (including phenoxy) is 1. The van der Waals surface area contributed by atoms with Crippen molar-refractivity contribution < 1.29 is 9.53 Å². The van der Waals surface area contributed by atoms with Gasteiger partial charge in [-0.1, -0.05) is 0 Å². The van der Waals surface area contributed by atoms with Gasteiger partial charge in [0.15, 0.2) is 0 Å². The minimum absolute atomic E-state index is 0.175. The van der Waals surface area contributed by atoms with Crippen molar-refractivity contribution in [3.8, 4) is 0 Å². The maximum absolute atomic E-state index is 10.6. The smallest absolute Gasteiger partial charge is 0.218 e. The molecule has 1 saturated heterocycles. The third-order valence-electron chi connectivity index (χ3n) is 2.49. The van der Waals surface area contributed by atoms with Crippen molar-refractivity contribution in [1.82, 2.24) is 5.32 Å². The van der Waals surface area contributed by atoms with Gasteiger partial charge in [0.05, 0.1) is 6.10 Å². The minimum Gasteiger partial charge on any atom is -0.378 e. The van der Waals surface area contributed by atoms with E-state index in [-0.39, 0.29) is 11.9 Å². The van der Waals surface area contributed by atoms with Crippen LogP contribution in [0.3, 0.4) is 0 Å². The van der Waals surface area contributed by atoms with E-state index < -0.39 is 0 Å². The van der Waals surface area contributed by atoms with Crippen LogP contribution in [0.2, 0.25) is 0 Å². The van der Waals surface area contributed by atoms with Gasteiger partial charge in [0, 0.05) is 19.1 Å². The van der Waals surface area contributed by atoms with Crippen molar-refractivity contribution in [2.75, 3.05) is 13.2 Å². The number of nitrogens with two attached hydrogens (primary N) is 1. The molecule has 3 N–H and O–H groups in total. The molecule has 0 aliphatic carbocycles. The predicted octanol–water partition coefficient (Wildman–Crippen LogP) is 0.409. The first kappa shape index (κ1) is 11.5. The third-order valence-corrected chi connectivity index (χ3v) is 2.49. The van der Waals surface area contributed by atoms with Crippen LogP contribution in [0.5, 0.6) is 0 Å². The van der Waals surface area contributed by atoms with Gasteiger partial charge < -0.3 is 15.8 Å². The van der Waals surface area contributed by atoms with Crippen LogP contribution in [0.15, 0.2) is 0 Å². The summed E-state index contributed by atoms with van der Waals surface area (Å²) in [6.45, 7) is 3.78. The van der Waals surface area contributed by atoms with Crippen LogP contribution < -0.4 is 11.1 Å². The molecule has 2 atom stereocenters. The minimum atomic E-state index is -0.248. The molecule has 1 amide bonds. The second-order valence-corrected chi connectivity index (χ2v) is 3.95. The molecule has 0 spiro atoms. The van der Waals surface area contributed by atoms with E-state index in [2.05, 4.69) is 5.32 Å². The Morgan fingerprint density at radius 2 is 2.50 bits per heavy atom. The van der Waals surface area contributed by atoms with Crippen LogP contribution in [0, 0.1) is 0 Å². The van der Waals surface area contributed by atoms with Crippen LogP contribution in [0.1, 0.15) is 32.6 Å². The van der Waals surface area contributed by atoms with Gasteiger partial charge in [-0.3, -0.25) is 4.79 Å². The topological polar surface area (TPSA) is 64.4 Å². The Morgan fingerprint density at radius 3 is 3.07 bits per heavy atom. The average Bonchev–Trinajstić information content (AvgIpc) is 2.55. The number of rotatable bonds is 6. The highest BCUT2D eigenvalue weighted by atomic mass is 16.5. The van der Waals surface area contributed by atoms with Crippen LogP contribution in [-0.4, -0.2) is 31.2 Å². The molecule has 1 rings (SSSR count). The number of carbonyl (C=O) groups is 1. The third kappa shape index (κ3) is 4.58. The fraction of sp³-hybridized carbons (Fsp3) is 0.900. The zero-order valence-electron chi connectivity index (χ0n) is 8.79. The van der Waals surface area contributed by atoms with Crippen LogP contribution in [-0.2, 0) is 9.53 Å². The monoisotopic (exact) mass is 200 g/mol. The Labute approximate surface area is 85.2 Å². The number of amides is 1. The van der Waals surface area contributed by atoms with E-state index in [0.29, 0.717) is 12.5 Å². The van der Waals surface area contributed by atoms with Crippen molar-refractivity contribution in [3.63, 3.8) is 0 Å². The van der Waals surface area contributed by atoms with Gasteiger partial charge in [0.1, 0.15) is 0 Å². The molecule has 0 aromatic rings. The summed E-state index contributed by atoms with van der Waals surface area (Å²) in [4.78, 5) is 10.6. The first-order valence-electron chi connectivity index (χ1n) is 5.32. The average molecular weight is 200 g/mol. The summed E-state index contributed by atoms with van der Waals surface area (Å²) >= 11 is 0. The van der Waals surface area contributed by atoms with Crippen molar-refractivity contribution >= 4 is 5.91 Å². The Hall–Kier alpha value is -0.610. The maximum Gasteiger partial charge on any atom is 0.218 e. The molecule has 4 heteroatoms. The van der Waals surface area contributed by atoms with E-state index in [1.807, 2.05) is 6.92 Å². The lowest BCUT2D eigenvalue weighted by Crippen LogP contribution is -2.32. The predicted molar refractivity (Wildman–Crippen MR) is 54.9 cm³/mol. The van der Waals surface area contributed by atoms with Gasteiger partial charge in [0.25, 0.3) is 0 Å². The van der Waals surface area contributed by atoms with Crippen molar-refractivity contribution in [1.29, 1.82) is 0 Å². The summed E-state index contributed by atoms with van der Waals surface area (Å²) in [6.07, 6.45) is 4.21. The quantitative estimate of drug-likeness (QED) is 0.652. The van der Waals surface area contributed by atoms with E-state index in [1.54, 1.807) is 0 Å². The number of nitrogens with one attached hydrogen (secondary N) is 1. The Kier molecular flexibility index (Phi) is 4.90. The molecule has 1 aliphatic heterocycles. The number of hydrogen-bond acceptors (Lipinski definition) is 3. The SMILES string of the molecule is C[C@H](CC(N)=O)NCC[C@@H]1CCCO1. The molecule has 4 nitrogen and oxygen atoms in total. The highest BCUT2D eigenvalue weighted by molar-refractivity contribution is 5.74. The summed E-state index contributed by atoms with van der Waals surface area (Å²) in [5, 5.41) is 3.26. The lowest BCUT2D eigenvalue weighted by Gasteiger charge is -2.14. The molecular formula is C10H20N2O2. The lowest BCUT2D eigenvalue weighted by molar-refractivity contribution is -0.118. The Morgan fingerprint density at radius 1 is 1.71 bits per heavy atom. The van der Waals surface area contributed by atoms with E-state index in [1.165, 1.54) is 12.8 Å². The van der Waals surface area contributed by atoms with Gasteiger partial charge in [-0.15, -0.1) is 0 Å². The second kappa shape index (κ2) is 5.98. The molecule has 0 unspecified atom stereocenters. The zero-order chi connectivity index (χ0) is 10.4. The molecule has 1 aliphatic rings. The van der Waals surface area contributed by atoms with Crippen LogP contribution >= 0.6 is 0 Å². The van der Waals surface area contributed by atoms with Gasteiger partial charge in [-0.05, 0) is 32.7 Å². The zero-order valence-corrected chi connectivity index (χ0v) is 8.79. The van der Waals surface area contributed by atoms with Crippen LogP contribution in [0.4, 0.5) is 0 Å². The second-order valence-electron chi connectivity index (χ2n) is 3.95. The summed E-state index contributed by atoms with van der Waals surface area (Å²) in [5.74, 6) is -0.248. The molecule has 0 aromatic heterocycles. The molecule has 0 aromatic carbocycles.